The summed E-state index contributed by atoms with van der Waals surface area (Å²) in [6, 6.07) is 0. The fourth-order valence-electron chi connectivity index (χ4n) is 4.41. The van der Waals surface area contributed by atoms with Crippen LogP contribution in [0, 0.1) is 23.2 Å². The first-order valence-electron chi connectivity index (χ1n) is 7.16. The van der Waals surface area contributed by atoms with Crippen molar-refractivity contribution in [3.05, 3.63) is 11.6 Å². The summed E-state index contributed by atoms with van der Waals surface area (Å²) in [4.78, 5) is 24.5. The molecule has 0 amide bonds. The van der Waals surface area contributed by atoms with E-state index in [1.807, 2.05) is 6.08 Å². The highest BCUT2D eigenvalue weighted by Gasteiger charge is 2.60. The molecule has 0 aromatic rings. The molecular formula is C15H20O4. The molecule has 19 heavy (non-hydrogen) atoms. The molecular weight excluding hydrogens is 244 g/mol. The minimum atomic E-state index is -0.369. The third-order valence-electron chi connectivity index (χ3n) is 5.22. The number of allylic oxidation sites excluding steroid dienone is 2. The summed E-state index contributed by atoms with van der Waals surface area (Å²) in [5.41, 5.74) is 1.05. The Balaban J connectivity index is 1.98. The van der Waals surface area contributed by atoms with E-state index in [1.54, 1.807) is 6.92 Å². The standard InChI is InChI=1S/C15H20O4/c1-2-19-14(18)11-7-15-5-3-4-9(15)6-10(11)13(17)12(15)8-16/h6,10-12,16H,2-5,7-8H2,1H3/t10-,11-,12?,15-/m1/s1. The first kappa shape index (κ1) is 12.9. The Hall–Kier alpha value is -1.16. The average Bonchev–Trinajstić information content (AvgIpc) is 2.81. The number of hydrogen-bond acceptors (Lipinski definition) is 4. The van der Waals surface area contributed by atoms with Gasteiger partial charge in [0.1, 0.15) is 5.78 Å². The quantitative estimate of drug-likeness (QED) is 0.619. The zero-order valence-corrected chi connectivity index (χ0v) is 11.2. The maximum Gasteiger partial charge on any atom is 0.310 e. The predicted molar refractivity (Wildman–Crippen MR) is 68.2 cm³/mol. The number of esters is 1. The molecule has 104 valence electrons. The number of rotatable bonds is 3. The highest BCUT2D eigenvalue weighted by atomic mass is 16.5. The van der Waals surface area contributed by atoms with E-state index in [1.165, 1.54) is 5.57 Å². The Kier molecular flexibility index (Phi) is 3.01. The molecule has 4 atom stereocenters. The number of Topliss-reactive ketones (excluding diaryl/α,β-unsaturated/α-hetero) is 1. The summed E-state index contributed by atoms with van der Waals surface area (Å²) < 4.78 is 5.11. The fraction of sp³-hybridized carbons (Fsp3) is 0.733. The molecule has 1 N–H and O–H groups in total. The lowest BCUT2D eigenvalue weighted by Gasteiger charge is -2.50. The third-order valence-corrected chi connectivity index (χ3v) is 5.22. The van der Waals surface area contributed by atoms with E-state index in [0.29, 0.717) is 13.0 Å². The molecule has 4 heteroatoms. The molecule has 4 aliphatic carbocycles. The predicted octanol–water partition coefficient (Wildman–Crippen LogP) is 1.47. The van der Waals surface area contributed by atoms with E-state index in [-0.39, 0.29) is 41.5 Å². The van der Waals surface area contributed by atoms with Crippen molar-refractivity contribution < 1.29 is 19.4 Å². The second-order valence-electron chi connectivity index (χ2n) is 5.93. The molecule has 0 aromatic heterocycles. The number of hydrogen-bond donors (Lipinski definition) is 1. The van der Waals surface area contributed by atoms with Gasteiger partial charge in [-0.25, -0.2) is 0 Å². The second kappa shape index (κ2) is 4.44. The molecule has 2 fully saturated rings. The summed E-state index contributed by atoms with van der Waals surface area (Å²) in [6.45, 7) is 2.04. The van der Waals surface area contributed by atoms with Gasteiger partial charge in [-0.3, -0.25) is 9.59 Å². The van der Waals surface area contributed by atoms with Crippen LogP contribution in [0.4, 0.5) is 0 Å². The van der Waals surface area contributed by atoms with Crippen LogP contribution in [-0.4, -0.2) is 30.1 Å². The Bertz CT molecular complexity index is 453. The number of aliphatic hydroxyl groups excluding tert-OH is 1. The zero-order valence-electron chi connectivity index (χ0n) is 11.2. The van der Waals surface area contributed by atoms with E-state index < -0.39 is 0 Å². The summed E-state index contributed by atoms with van der Waals surface area (Å²) >= 11 is 0. The first-order chi connectivity index (χ1) is 9.14. The minimum Gasteiger partial charge on any atom is -0.466 e. The van der Waals surface area contributed by atoms with Gasteiger partial charge in [0.25, 0.3) is 0 Å². The number of ketones is 1. The lowest BCUT2D eigenvalue weighted by Crippen LogP contribution is -2.54. The van der Waals surface area contributed by atoms with Crippen molar-refractivity contribution in [3.63, 3.8) is 0 Å². The lowest BCUT2D eigenvalue weighted by atomic mass is 9.52. The highest BCUT2D eigenvalue weighted by Crippen LogP contribution is 2.61. The highest BCUT2D eigenvalue weighted by molar-refractivity contribution is 5.94. The summed E-state index contributed by atoms with van der Waals surface area (Å²) in [5.74, 6) is -1.22. The maximum absolute atomic E-state index is 12.5. The molecule has 4 nitrogen and oxygen atoms in total. The van der Waals surface area contributed by atoms with Gasteiger partial charge in [-0.2, -0.15) is 0 Å². The van der Waals surface area contributed by atoms with E-state index in [0.717, 1.165) is 19.3 Å². The summed E-state index contributed by atoms with van der Waals surface area (Å²) in [6.07, 6.45) is 5.66. The molecule has 0 heterocycles. The van der Waals surface area contributed by atoms with E-state index in [4.69, 9.17) is 4.74 Å². The number of fused-ring (bicyclic) bond motifs is 2. The monoisotopic (exact) mass is 264 g/mol. The SMILES string of the molecule is CCOC(=O)[C@@H]1C[C@]23CCCC2=C[C@H]1C(=O)C3CO. The zero-order chi connectivity index (χ0) is 13.6. The van der Waals surface area contributed by atoms with Crippen molar-refractivity contribution in [3.8, 4) is 0 Å². The summed E-state index contributed by atoms with van der Waals surface area (Å²) in [7, 11) is 0. The van der Waals surface area contributed by atoms with Crippen molar-refractivity contribution in [2.75, 3.05) is 13.2 Å². The molecule has 0 aromatic carbocycles. The minimum absolute atomic E-state index is 0.0393. The molecule has 4 aliphatic rings. The molecule has 0 radical (unpaired) electrons. The molecule has 1 spiro atoms. The average molecular weight is 264 g/mol. The molecule has 4 rings (SSSR count). The Morgan fingerprint density at radius 3 is 3.05 bits per heavy atom. The van der Waals surface area contributed by atoms with Gasteiger partial charge >= 0.3 is 5.97 Å². The van der Waals surface area contributed by atoms with Gasteiger partial charge in [0, 0.05) is 11.3 Å². The maximum atomic E-state index is 12.5. The largest absolute Gasteiger partial charge is 0.466 e. The molecule has 0 aliphatic heterocycles. The van der Waals surface area contributed by atoms with Gasteiger partial charge in [0.2, 0.25) is 0 Å². The molecule has 2 bridgehead atoms. The Labute approximate surface area is 112 Å². The van der Waals surface area contributed by atoms with E-state index >= 15 is 0 Å². The van der Waals surface area contributed by atoms with Crippen LogP contribution in [-0.2, 0) is 14.3 Å². The number of ether oxygens (including phenoxy) is 1. The van der Waals surface area contributed by atoms with Crippen LogP contribution < -0.4 is 0 Å². The van der Waals surface area contributed by atoms with Crippen molar-refractivity contribution >= 4 is 11.8 Å². The molecule has 2 saturated carbocycles. The second-order valence-corrected chi connectivity index (χ2v) is 5.93. The van der Waals surface area contributed by atoms with Crippen molar-refractivity contribution in [1.29, 1.82) is 0 Å². The number of carbonyl (C=O) groups excluding carboxylic acids is 2. The van der Waals surface area contributed by atoms with Crippen LogP contribution in [0.15, 0.2) is 11.6 Å². The molecule has 1 unspecified atom stereocenters. The first-order valence-corrected chi connectivity index (χ1v) is 7.16. The normalized spacial score (nSPS) is 40.0. The Morgan fingerprint density at radius 1 is 1.58 bits per heavy atom. The smallest absolute Gasteiger partial charge is 0.310 e. The van der Waals surface area contributed by atoms with Gasteiger partial charge in [0.15, 0.2) is 0 Å². The van der Waals surface area contributed by atoms with Crippen LogP contribution in [0.3, 0.4) is 0 Å². The number of aliphatic hydroxyl groups is 1. The van der Waals surface area contributed by atoms with Gasteiger partial charge in [-0.1, -0.05) is 11.6 Å². The van der Waals surface area contributed by atoms with E-state index in [2.05, 4.69) is 0 Å². The van der Waals surface area contributed by atoms with Crippen molar-refractivity contribution in [2.24, 2.45) is 23.2 Å². The molecule has 0 saturated heterocycles. The third kappa shape index (κ3) is 1.62. The van der Waals surface area contributed by atoms with Crippen LogP contribution in [0.1, 0.15) is 32.6 Å². The van der Waals surface area contributed by atoms with Crippen LogP contribution >= 0.6 is 0 Å². The van der Waals surface area contributed by atoms with Crippen LogP contribution in [0.25, 0.3) is 0 Å². The van der Waals surface area contributed by atoms with Crippen molar-refractivity contribution in [1.82, 2.24) is 0 Å². The van der Waals surface area contributed by atoms with Crippen molar-refractivity contribution in [2.45, 2.75) is 32.6 Å². The van der Waals surface area contributed by atoms with Gasteiger partial charge in [-0.05, 0) is 32.6 Å². The van der Waals surface area contributed by atoms with Gasteiger partial charge < -0.3 is 9.84 Å². The lowest BCUT2D eigenvalue weighted by molar-refractivity contribution is -0.160. The number of carbonyl (C=O) groups is 2. The fourth-order valence-corrected chi connectivity index (χ4v) is 4.41. The van der Waals surface area contributed by atoms with Gasteiger partial charge in [0.05, 0.1) is 25.0 Å². The topological polar surface area (TPSA) is 63.6 Å². The Morgan fingerprint density at radius 2 is 2.37 bits per heavy atom. The van der Waals surface area contributed by atoms with E-state index in [9.17, 15) is 14.7 Å². The summed E-state index contributed by atoms with van der Waals surface area (Å²) in [5, 5.41) is 9.59. The van der Waals surface area contributed by atoms with Crippen LogP contribution in [0.2, 0.25) is 0 Å². The van der Waals surface area contributed by atoms with Gasteiger partial charge in [-0.15, -0.1) is 0 Å². The van der Waals surface area contributed by atoms with Crippen LogP contribution in [0.5, 0.6) is 0 Å².